The number of benzene rings is 1. The van der Waals surface area contributed by atoms with Crippen LogP contribution in [0, 0.1) is 12.3 Å². The lowest BCUT2D eigenvalue weighted by atomic mass is 9.94. The lowest BCUT2D eigenvalue weighted by Crippen LogP contribution is -1.94. The minimum Gasteiger partial charge on any atom is -0.120 e. The minimum atomic E-state index is 0.538. The van der Waals surface area contributed by atoms with E-state index < -0.39 is 0 Å². The summed E-state index contributed by atoms with van der Waals surface area (Å²) in [6.07, 6.45) is 7.26. The van der Waals surface area contributed by atoms with Gasteiger partial charge in [0.05, 0.1) is 0 Å². The van der Waals surface area contributed by atoms with Crippen molar-refractivity contribution in [2.45, 2.75) is 25.7 Å². The van der Waals surface area contributed by atoms with E-state index in [1.54, 1.807) is 0 Å². The number of terminal acetylenes is 1. The van der Waals surface area contributed by atoms with Gasteiger partial charge in [-0.2, -0.15) is 0 Å². The highest BCUT2D eigenvalue weighted by Gasteiger charge is 2.05. The Kier molecular flexibility index (Phi) is 3.41. The molecule has 1 rings (SSSR count). The van der Waals surface area contributed by atoms with E-state index >= 15 is 0 Å². The van der Waals surface area contributed by atoms with Crippen LogP contribution in [0.5, 0.6) is 0 Å². The fourth-order valence-electron chi connectivity index (χ4n) is 1.37. The molecule has 0 aliphatic rings. The van der Waals surface area contributed by atoms with E-state index in [0.29, 0.717) is 5.92 Å². The largest absolute Gasteiger partial charge is 0.120 e. The van der Waals surface area contributed by atoms with Crippen LogP contribution in [0.15, 0.2) is 30.3 Å². The molecule has 0 bridgehead atoms. The van der Waals surface area contributed by atoms with E-state index in [2.05, 4.69) is 37.1 Å². The van der Waals surface area contributed by atoms with Crippen LogP contribution in [0.25, 0.3) is 0 Å². The zero-order chi connectivity index (χ0) is 8.81. The Bertz CT molecular complexity index is 253. The molecule has 0 aliphatic carbocycles. The normalized spacial score (nSPS) is 12.0. The van der Waals surface area contributed by atoms with Crippen molar-refractivity contribution < 1.29 is 0 Å². The smallest absolute Gasteiger partial charge is 0.0155 e. The van der Waals surface area contributed by atoms with Crippen molar-refractivity contribution in [1.29, 1.82) is 0 Å². The molecule has 0 N–H and O–H groups in total. The maximum absolute atomic E-state index is 5.29. The predicted molar refractivity (Wildman–Crippen MR) is 52.9 cm³/mol. The fourth-order valence-corrected chi connectivity index (χ4v) is 1.37. The first-order valence-electron chi connectivity index (χ1n) is 4.37. The Morgan fingerprint density at radius 1 is 1.33 bits per heavy atom. The molecule has 1 aromatic rings. The zero-order valence-electron chi connectivity index (χ0n) is 7.46. The SMILES string of the molecule is C#CCC(CC)c1ccccc1. The third kappa shape index (κ3) is 2.13. The first-order valence-corrected chi connectivity index (χ1v) is 4.37. The van der Waals surface area contributed by atoms with Crippen LogP contribution in [0.4, 0.5) is 0 Å². The van der Waals surface area contributed by atoms with Crippen molar-refractivity contribution in [2.75, 3.05) is 0 Å². The van der Waals surface area contributed by atoms with Gasteiger partial charge in [0, 0.05) is 6.42 Å². The summed E-state index contributed by atoms with van der Waals surface area (Å²) in [5.41, 5.74) is 1.36. The second-order valence-electron chi connectivity index (χ2n) is 2.92. The van der Waals surface area contributed by atoms with Crippen LogP contribution in [-0.2, 0) is 0 Å². The quantitative estimate of drug-likeness (QED) is 0.592. The van der Waals surface area contributed by atoms with Gasteiger partial charge in [0.25, 0.3) is 0 Å². The lowest BCUT2D eigenvalue weighted by molar-refractivity contribution is 0.685. The van der Waals surface area contributed by atoms with E-state index in [0.717, 1.165) is 12.8 Å². The van der Waals surface area contributed by atoms with Gasteiger partial charge in [-0.1, -0.05) is 37.3 Å². The van der Waals surface area contributed by atoms with Gasteiger partial charge in [0.1, 0.15) is 0 Å². The second-order valence-corrected chi connectivity index (χ2v) is 2.92. The summed E-state index contributed by atoms with van der Waals surface area (Å²) >= 11 is 0. The van der Waals surface area contributed by atoms with Crippen molar-refractivity contribution >= 4 is 0 Å². The van der Waals surface area contributed by atoms with Gasteiger partial charge in [-0.05, 0) is 17.9 Å². The summed E-state index contributed by atoms with van der Waals surface area (Å²) in [4.78, 5) is 0. The summed E-state index contributed by atoms with van der Waals surface area (Å²) in [5.74, 6) is 3.26. The molecule has 0 saturated heterocycles. The molecule has 62 valence electrons. The molecular weight excluding hydrogens is 144 g/mol. The Balaban J connectivity index is 2.75. The Hall–Kier alpha value is -1.22. The first-order chi connectivity index (χ1) is 5.88. The molecule has 0 radical (unpaired) electrons. The number of rotatable bonds is 3. The van der Waals surface area contributed by atoms with Gasteiger partial charge in [0.2, 0.25) is 0 Å². The molecule has 0 aliphatic heterocycles. The van der Waals surface area contributed by atoms with Gasteiger partial charge >= 0.3 is 0 Å². The maximum atomic E-state index is 5.29. The summed E-state index contributed by atoms with van der Waals surface area (Å²) in [6.45, 7) is 2.18. The molecule has 12 heavy (non-hydrogen) atoms. The monoisotopic (exact) mass is 158 g/mol. The lowest BCUT2D eigenvalue weighted by Gasteiger charge is -2.10. The zero-order valence-corrected chi connectivity index (χ0v) is 7.46. The van der Waals surface area contributed by atoms with Crippen molar-refractivity contribution in [1.82, 2.24) is 0 Å². The molecule has 0 heteroatoms. The molecule has 1 aromatic carbocycles. The molecule has 0 saturated carbocycles. The van der Waals surface area contributed by atoms with Crippen molar-refractivity contribution in [3.63, 3.8) is 0 Å². The van der Waals surface area contributed by atoms with Gasteiger partial charge < -0.3 is 0 Å². The molecule has 0 heterocycles. The summed E-state index contributed by atoms with van der Waals surface area (Å²) < 4.78 is 0. The van der Waals surface area contributed by atoms with Crippen molar-refractivity contribution in [3.05, 3.63) is 35.9 Å². The van der Waals surface area contributed by atoms with Crippen molar-refractivity contribution in [2.24, 2.45) is 0 Å². The Morgan fingerprint density at radius 2 is 2.00 bits per heavy atom. The van der Waals surface area contributed by atoms with Gasteiger partial charge in [-0.15, -0.1) is 12.3 Å². The molecule has 1 atom stereocenters. The average Bonchev–Trinajstić information content (AvgIpc) is 2.15. The van der Waals surface area contributed by atoms with Crippen LogP contribution < -0.4 is 0 Å². The molecule has 0 spiro atoms. The highest BCUT2D eigenvalue weighted by Crippen LogP contribution is 2.21. The van der Waals surface area contributed by atoms with Crippen LogP contribution in [0.3, 0.4) is 0 Å². The highest BCUT2D eigenvalue weighted by molar-refractivity contribution is 5.20. The molecule has 0 aromatic heterocycles. The minimum absolute atomic E-state index is 0.538. The van der Waals surface area contributed by atoms with E-state index in [1.165, 1.54) is 5.56 Å². The number of hydrogen-bond donors (Lipinski definition) is 0. The summed E-state index contributed by atoms with van der Waals surface area (Å²) in [5, 5.41) is 0. The van der Waals surface area contributed by atoms with Crippen LogP contribution >= 0.6 is 0 Å². The standard InChI is InChI=1S/C12H14/c1-3-8-11(4-2)12-9-6-5-7-10-12/h1,5-7,9-11H,4,8H2,2H3. The topological polar surface area (TPSA) is 0 Å². The third-order valence-corrected chi connectivity index (χ3v) is 2.13. The Morgan fingerprint density at radius 3 is 2.50 bits per heavy atom. The van der Waals surface area contributed by atoms with E-state index in [4.69, 9.17) is 6.42 Å². The van der Waals surface area contributed by atoms with Gasteiger partial charge in [0.15, 0.2) is 0 Å². The molecule has 0 nitrogen and oxygen atoms in total. The Labute approximate surface area is 74.6 Å². The maximum Gasteiger partial charge on any atom is 0.0155 e. The molecule has 0 amide bonds. The van der Waals surface area contributed by atoms with Crippen LogP contribution in [0.1, 0.15) is 31.2 Å². The summed E-state index contributed by atoms with van der Waals surface area (Å²) in [6, 6.07) is 10.5. The number of hydrogen-bond acceptors (Lipinski definition) is 0. The van der Waals surface area contributed by atoms with Crippen LogP contribution in [0.2, 0.25) is 0 Å². The molecular formula is C12H14. The van der Waals surface area contributed by atoms with E-state index in [9.17, 15) is 0 Å². The van der Waals surface area contributed by atoms with Crippen LogP contribution in [-0.4, -0.2) is 0 Å². The second kappa shape index (κ2) is 4.62. The average molecular weight is 158 g/mol. The highest BCUT2D eigenvalue weighted by atomic mass is 14.1. The third-order valence-electron chi connectivity index (χ3n) is 2.13. The molecule has 1 unspecified atom stereocenters. The molecule has 0 fully saturated rings. The van der Waals surface area contributed by atoms with Crippen molar-refractivity contribution in [3.8, 4) is 12.3 Å². The first kappa shape index (κ1) is 8.87. The van der Waals surface area contributed by atoms with Gasteiger partial charge in [-0.25, -0.2) is 0 Å². The predicted octanol–water partition coefficient (Wildman–Crippen LogP) is 3.20. The van der Waals surface area contributed by atoms with Gasteiger partial charge in [-0.3, -0.25) is 0 Å². The fraction of sp³-hybridized carbons (Fsp3) is 0.333. The summed E-state index contributed by atoms with van der Waals surface area (Å²) in [7, 11) is 0. The van der Waals surface area contributed by atoms with E-state index in [-0.39, 0.29) is 0 Å². The van der Waals surface area contributed by atoms with E-state index in [1.807, 2.05) is 6.07 Å².